The van der Waals surface area contributed by atoms with Gasteiger partial charge in [0.2, 0.25) is 0 Å². The van der Waals surface area contributed by atoms with Gasteiger partial charge in [-0.15, -0.1) is 0 Å². The molecule has 2 rings (SSSR count). The van der Waals surface area contributed by atoms with E-state index in [1.807, 2.05) is 49.4 Å². The number of benzene rings is 2. The molecule has 0 bridgehead atoms. The summed E-state index contributed by atoms with van der Waals surface area (Å²) in [6.07, 6.45) is 0. The maximum Gasteiger partial charge on any atom is 0.122 e. The highest BCUT2D eigenvalue weighted by Crippen LogP contribution is 2.21. The molecule has 106 valence electrons. The van der Waals surface area contributed by atoms with Crippen molar-refractivity contribution in [2.75, 3.05) is 25.6 Å². The molecule has 0 amide bonds. The van der Waals surface area contributed by atoms with E-state index in [1.165, 1.54) is 0 Å². The normalized spacial score (nSPS) is 10.2. The van der Waals surface area contributed by atoms with Crippen LogP contribution >= 0.6 is 11.6 Å². The molecule has 0 atom stereocenters. The highest BCUT2D eigenvalue weighted by molar-refractivity contribution is 6.30. The van der Waals surface area contributed by atoms with Crippen LogP contribution in [0.25, 0.3) is 0 Å². The summed E-state index contributed by atoms with van der Waals surface area (Å²) in [5.41, 5.74) is 2.09. The van der Waals surface area contributed by atoms with Gasteiger partial charge in [-0.25, -0.2) is 0 Å². The molecule has 0 aliphatic carbocycles. The maximum absolute atomic E-state index is 5.90. The monoisotopic (exact) mass is 291 g/mol. The van der Waals surface area contributed by atoms with Crippen LogP contribution in [-0.4, -0.2) is 20.3 Å². The number of nitrogens with one attached hydrogen (secondary N) is 1. The van der Waals surface area contributed by atoms with Crippen LogP contribution in [0.1, 0.15) is 5.56 Å². The first-order valence-corrected chi connectivity index (χ1v) is 6.84. The molecule has 0 aliphatic rings. The molecule has 4 heteroatoms. The highest BCUT2D eigenvalue weighted by atomic mass is 35.5. The van der Waals surface area contributed by atoms with Crippen LogP contribution in [-0.2, 0) is 0 Å². The third-order valence-electron chi connectivity index (χ3n) is 2.92. The summed E-state index contributed by atoms with van der Waals surface area (Å²) in [6.45, 7) is 3.31. The molecule has 0 heterocycles. The number of aryl methyl sites for hydroxylation is 1. The van der Waals surface area contributed by atoms with Crippen LogP contribution < -0.4 is 14.8 Å². The van der Waals surface area contributed by atoms with Gasteiger partial charge in [-0.1, -0.05) is 11.6 Å². The smallest absolute Gasteiger partial charge is 0.122 e. The molecule has 0 saturated carbocycles. The molecule has 2 aromatic carbocycles. The van der Waals surface area contributed by atoms with Gasteiger partial charge >= 0.3 is 0 Å². The summed E-state index contributed by atoms with van der Waals surface area (Å²) < 4.78 is 10.8. The number of rotatable bonds is 6. The molecule has 0 spiro atoms. The lowest BCUT2D eigenvalue weighted by Crippen LogP contribution is -2.11. The van der Waals surface area contributed by atoms with Gasteiger partial charge in [-0.2, -0.15) is 0 Å². The van der Waals surface area contributed by atoms with Crippen molar-refractivity contribution in [3.63, 3.8) is 0 Å². The average Bonchev–Trinajstić information content (AvgIpc) is 2.46. The second-order valence-electron chi connectivity index (χ2n) is 4.41. The van der Waals surface area contributed by atoms with Gasteiger partial charge in [0.25, 0.3) is 0 Å². The number of hydrogen-bond donors (Lipinski definition) is 1. The molecule has 2 aromatic rings. The van der Waals surface area contributed by atoms with Crippen LogP contribution in [0.5, 0.6) is 11.5 Å². The molecule has 1 N–H and O–H groups in total. The third-order valence-corrected chi connectivity index (χ3v) is 3.15. The summed E-state index contributed by atoms with van der Waals surface area (Å²) >= 11 is 5.90. The maximum atomic E-state index is 5.90. The van der Waals surface area contributed by atoms with Gasteiger partial charge in [0.15, 0.2) is 0 Å². The van der Waals surface area contributed by atoms with E-state index in [2.05, 4.69) is 5.32 Å². The Kier molecular flexibility index (Phi) is 5.13. The SMILES string of the molecule is COc1ccc(NCCOc2ccc(Cl)cc2C)cc1. The van der Waals surface area contributed by atoms with Gasteiger partial charge in [0.05, 0.1) is 7.11 Å². The Hall–Kier alpha value is -1.87. The van der Waals surface area contributed by atoms with Crippen molar-refractivity contribution in [3.05, 3.63) is 53.1 Å². The van der Waals surface area contributed by atoms with Crippen molar-refractivity contribution in [2.24, 2.45) is 0 Å². The zero-order valence-electron chi connectivity index (χ0n) is 11.7. The fourth-order valence-electron chi connectivity index (χ4n) is 1.84. The van der Waals surface area contributed by atoms with E-state index in [-0.39, 0.29) is 0 Å². The molecule has 0 fully saturated rings. The Morgan fingerprint density at radius 2 is 1.85 bits per heavy atom. The first-order valence-electron chi connectivity index (χ1n) is 6.46. The molecular formula is C16H18ClNO2. The van der Waals surface area contributed by atoms with Crippen molar-refractivity contribution < 1.29 is 9.47 Å². The predicted molar refractivity (Wildman–Crippen MR) is 83.2 cm³/mol. The Morgan fingerprint density at radius 3 is 2.50 bits per heavy atom. The molecule has 0 aromatic heterocycles. The van der Waals surface area contributed by atoms with Crippen molar-refractivity contribution in [1.29, 1.82) is 0 Å². The first kappa shape index (κ1) is 14.5. The van der Waals surface area contributed by atoms with Crippen LogP contribution in [0.2, 0.25) is 5.02 Å². The lowest BCUT2D eigenvalue weighted by atomic mass is 10.2. The van der Waals surface area contributed by atoms with Gasteiger partial charge < -0.3 is 14.8 Å². The Morgan fingerprint density at radius 1 is 1.10 bits per heavy atom. The van der Waals surface area contributed by atoms with Crippen LogP contribution in [0.4, 0.5) is 5.69 Å². The first-order chi connectivity index (χ1) is 9.69. The lowest BCUT2D eigenvalue weighted by molar-refractivity contribution is 0.330. The molecule has 20 heavy (non-hydrogen) atoms. The van der Waals surface area contributed by atoms with Crippen molar-refractivity contribution in [1.82, 2.24) is 0 Å². The minimum absolute atomic E-state index is 0.592. The predicted octanol–water partition coefficient (Wildman–Crippen LogP) is 4.15. The van der Waals surface area contributed by atoms with Gasteiger partial charge in [0, 0.05) is 17.3 Å². The second kappa shape index (κ2) is 7.06. The molecular weight excluding hydrogens is 274 g/mol. The van der Waals surface area contributed by atoms with E-state index < -0.39 is 0 Å². The summed E-state index contributed by atoms with van der Waals surface area (Å²) in [5, 5.41) is 4.02. The quantitative estimate of drug-likeness (QED) is 0.811. The van der Waals surface area contributed by atoms with Crippen LogP contribution in [0.15, 0.2) is 42.5 Å². The minimum atomic E-state index is 0.592. The van der Waals surface area contributed by atoms with Gasteiger partial charge in [-0.3, -0.25) is 0 Å². The van der Waals surface area contributed by atoms with E-state index in [4.69, 9.17) is 21.1 Å². The van der Waals surface area contributed by atoms with Crippen LogP contribution in [0.3, 0.4) is 0 Å². The highest BCUT2D eigenvalue weighted by Gasteiger charge is 2.00. The van der Waals surface area contributed by atoms with Crippen molar-refractivity contribution >= 4 is 17.3 Å². The van der Waals surface area contributed by atoms with E-state index in [0.717, 1.165) is 34.3 Å². The second-order valence-corrected chi connectivity index (χ2v) is 4.85. The summed E-state index contributed by atoms with van der Waals surface area (Å²) in [6, 6.07) is 13.4. The summed E-state index contributed by atoms with van der Waals surface area (Å²) in [4.78, 5) is 0. The number of methoxy groups -OCH3 is 1. The average molecular weight is 292 g/mol. The molecule has 0 saturated heterocycles. The largest absolute Gasteiger partial charge is 0.497 e. The third kappa shape index (κ3) is 4.07. The molecule has 0 unspecified atom stereocenters. The topological polar surface area (TPSA) is 30.5 Å². The summed E-state index contributed by atoms with van der Waals surface area (Å²) in [7, 11) is 1.66. The zero-order valence-corrected chi connectivity index (χ0v) is 12.4. The molecule has 0 aliphatic heterocycles. The Labute approximate surface area is 124 Å². The van der Waals surface area contributed by atoms with Crippen molar-refractivity contribution in [3.8, 4) is 11.5 Å². The number of halogens is 1. The molecule has 0 radical (unpaired) electrons. The minimum Gasteiger partial charge on any atom is -0.497 e. The fraction of sp³-hybridized carbons (Fsp3) is 0.250. The van der Waals surface area contributed by atoms with Gasteiger partial charge in [-0.05, 0) is 55.0 Å². The number of anilines is 1. The standard InChI is InChI=1S/C16H18ClNO2/c1-12-11-13(17)3-8-16(12)20-10-9-18-14-4-6-15(19-2)7-5-14/h3-8,11,18H,9-10H2,1-2H3. The zero-order chi connectivity index (χ0) is 14.4. The van der Waals surface area contributed by atoms with E-state index in [1.54, 1.807) is 7.11 Å². The Balaban J connectivity index is 1.78. The van der Waals surface area contributed by atoms with E-state index >= 15 is 0 Å². The number of hydrogen-bond acceptors (Lipinski definition) is 3. The molecule has 3 nitrogen and oxygen atoms in total. The summed E-state index contributed by atoms with van der Waals surface area (Å²) in [5.74, 6) is 1.72. The van der Waals surface area contributed by atoms with E-state index in [0.29, 0.717) is 6.61 Å². The van der Waals surface area contributed by atoms with Crippen molar-refractivity contribution in [2.45, 2.75) is 6.92 Å². The van der Waals surface area contributed by atoms with E-state index in [9.17, 15) is 0 Å². The Bertz CT molecular complexity index is 555. The fourth-order valence-corrected chi connectivity index (χ4v) is 2.07. The number of ether oxygens (including phenoxy) is 2. The van der Waals surface area contributed by atoms with Gasteiger partial charge in [0.1, 0.15) is 18.1 Å². The van der Waals surface area contributed by atoms with Crippen LogP contribution in [0, 0.1) is 6.92 Å². The lowest BCUT2D eigenvalue weighted by Gasteiger charge is -2.11.